The molecule has 0 spiro atoms. The molecule has 63 heavy (non-hydrogen) atoms. The summed E-state index contributed by atoms with van der Waals surface area (Å²) in [5, 5.41) is 30.9. The first kappa shape index (κ1) is 58.9. The largest absolute Gasteiger partial charge is 0.462 e. The third-order valence-electron chi connectivity index (χ3n) is 11.4. The summed E-state index contributed by atoms with van der Waals surface area (Å²) in [6.45, 7) is 3.72. The number of unbranched alkanes of at least 4 members (excludes halogenated alkanes) is 24. The van der Waals surface area contributed by atoms with Crippen LogP contribution in [0.1, 0.15) is 213 Å². The Bertz CT molecular complexity index is 1300. The van der Waals surface area contributed by atoms with Crippen LogP contribution in [-0.4, -0.2) is 96.0 Å². The third-order valence-corrected chi connectivity index (χ3v) is 12.2. The molecule has 1 saturated heterocycles. The predicted octanol–water partition coefficient (Wildman–Crippen LogP) is 11.0. The molecule has 368 valence electrons. The zero-order valence-corrected chi connectivity index (χ0v) is 40.2. The summed E-state index contributed by atoms with van der Waals surface area (Å²) in [7, 11) is -4.61. The van der Waals surface area contributed by atoms with Gasteiger partial charge in [0.1, 0.15) is 36.8 Å². The Morgan fingerprint density at radius 1 is 0.540 bits per heavy atom. The predicted molar refractivity (Wildman–Crippen MR) is 252 cm³/mol. The molecule has 1 aliphatic heterocycles. The van der Waals surface area contributed by atoms with Crippen molar-refractivity contribution in [1.29, 1.82) is 0 Å². The highest BCUT2D eigenvalue weighted by atomic mass is 32.2. The highest BCUT2D eigenvalue weighted by Crippen LogP contribution is 2.24. The molecule has 1 fully saturated rings. The van der Waals surface area contributed by atoms with Crippen LogP contribution in [0, 0.1) is 0 Å². The summed E-state index contributed by atoms with van der Waals surface area (Å²) in [6, 6.07) is 0. The van der Waals surface area contributed by atoms with Crippen LogP contribution in [0.25, 0.3) is 0 Å². The number of hydrogen-bond acceptors (Lipinski definition) is 11. The number of hydrogen-bond donors (Lipinski definition) is 4. The van der Waals surface area contributed by atoms with E-state index in [-0.39, 0.29) is 19.4 Å². The van der Waals surface area contributed by atoms with Crippen LogP contribution in [0.15, 0.2) is 36.5 Å². The molecule has 6 unspecified atom stereocenters. The van der Waals surface area contributed by atoms with Crippen molar-refractivity contribution in [2.45, 2.75) is 250 Å². The summed E-state index contributed by atoms with van der Waals surface area (Å²) in [6.07, 6.45) is 37.6. The van der Waals surface area contributed by atoms with Crippen LogP contribution in [0.2, 0.25) is 0 Å². The van der Waals surface area contributed by atoms with E-state index in [9.17, 15) is 37.9 Å². The highest BCUT2D eigenvalue weighted by molar-refractivity contribution is 7.85. The van der Waals surface area contributed by atoms with Crippen LogP contribution in [-0.2, 0) is 38.7 Å². The Labute approximate surface area is 382 Å². The van der Waals surface area contributed by atoms with E-state index in [1.807, 2.05) is 0 Å². The number of carbonyl (C=O) groups is 2. The van der Waals surface area contributed by atoms with Crippen molar-refractivity contribution in [1.82, 2.24) is 0 Å². The number of carbonyl (C=O) groups excluding carboxylic acids is 2. The molecule has 0 aromatic heterocycles. The summed E-state index contributed by atoms with van der Waals surface area (Å²) in [5.41, 5.74) is 0. The SMILES string of the molecule is CCCC/C=C\C/C=C\CCCCCCCC(=O)OC(COC(=O)CCCCCCCCCCC/C=C\CCCCCCCCCC)COC1OC(CS(=O)(=O)O)C(O)C(O)C1O. The van der Waals surface area contributed by atoms with Gasteiger partial charge in [0.15, 0.2) is 12.4 Å². The lowest BCUT2D eigenvalue weighted by atomic mass is 10.00. The molecule has 1 aliphatic rings. The number of aliphatic hydroxyl groups excluding tert-OH is 3. The standard InChI is InChI=1S/C50H90O12S/c1-3-5-7-9-11-13-15-17-19-20-21-22-23-24-25-27-28-30-32-34-36-38-45(51)59-40-43(41-60-50-49(55)48(54)47(53)44(62-50)42-63(56,57)58)61-46(52)39-37-35-33-31-29-26-18-16-14-12-10-8-6-4-2/h10,12,16,18,20-21,43-44,47-50,53-55H,3-9,11,13-15,17,19,22-42H2,1-2H3,(H,56,57,58)/b12-10-,18-16-,21-20-. The lowest BCUT2D eigenvalue weighted by Crippen LogP contribution is -2.60. The van der Waals surface area contributed by atoms with E-state index < -0.39 is 71.2 Å². The molecule has 0 amide bonds. The van der Waals surface area contributed by atoms with Gasteiger partial charge in [0, 0.05) is 12.8 Å². The van der Waals surface area contributed by atoms with Crippen molar-refractivity contribution in [3.8, 4) is 0 Å². The normalized spacial score (nSPS) is 20.0. The van der Waals surface area contributed by atoms with Crippen molar-refractivity contribution in [3.05, 3.63) is 36.5 Å². The van der Waals surface area contributed by atoms with E-state index in [2.05, 4.69) is 50.3 Å². The van der Waals surface area contributed by atoms with Gasteiger partial charge in [-0.25, -0.2) is 0 Å². The Kier molecular flexibility index (Phi) is 37.5. The van der Waals surface area contributed by atoms with Crippen LogP contribution in [0.4, 0.5) is 0 Å². The lowest BCUT2D eigenvalue weighted by Gasteiger charge is -2.40. The van der Waals surface area contributed by atoms with Crippen LogP contribution < -0.4 is 0 Å². The molecule has 1 heterocycles. The van der Waals surface area contributed by atoms with Gasteiger partial charge in [-0.3, -0.25) is 14.1 Å². The number of rotatable bonds is 42. The first-order valence-electron chi connectivity index (χ1n) is 25.0. The van der Waals surface area contributed by atoms with Gasteiger partial charge in [0.05, 0.1) is 6.61 Å². The fourth-order valence-corrected chi connectivity index (χ4v) is 8.20. The minimum Gasteiger partial charge on any atom is -0.462 e. The van der Waals surface area contributed by atoms with Gasteiger partial charge in [-0.15, -0.1) is 0 Å². The van der Waals surface area contributed by atoms with E-state index in [1.165, 1.54) is 109 Å². The topological polar surface area (TPSA) is 186 Å². The van der Waals surface area contributed by atoms with Crippen molar-refractivity contribution < 1.29 is 56.8 Å². The van der Waals surface area contributed by atoms with Gasteiger partial charge in [-0.05, 0) is 64.2 Å². The summed E-state index contributed by atoms with van der Waals surface area (Å²) >= 11 is 0. The molecular weight excluding hydrogens is 825 g/mol. The molecule has 13 heteroatoms. The second-order valence-corrected chi connectivity index (χ2v) is 19.0. The molecule has 4 N–H and O–H groups in total. The number of aliphatic hydroxyl groups is 3. The van der Waals surface area contributed by atoms with E-state index in [1.54, 1.807) is 0 Å². The number of allylic oxidation sites excluding steroid dienone is 6. The van der Waals surface area contributed by atoms with Crippen molar-refractivity contribution in [2.75, 3.05) is 19.0 Å². The van der Waals surface area contributed by atoms with Crippen molar-refractivity contribution in [2.24, 2.45) is 0 Å². The van der Waals surface area contributed by atoms with Crippen LogP contribution in [0.3, 0.4) is 0 Å². The average molecular weight is 915 g/mol. The van der Waals surface area contributed by atoms with Crippen molar-refractivity contribution in [3.63, 3.8) is 0 Å². The summed E-state index contributed by atoms with van der Waals surface area (Å²) in [5.74, 6) is -2.00. The molecule has 0 aromatic rings. The maximum absolute atomic E-state index is 12.8. The molecule has 6 atom stereocenters. The zero-order chi connectivity index (χ0) is 46.2. The molecule has 12 nitrogen and oxygen atoms in total. The van der Waals surface area contributed by atoms with Gasteiger partial charge in [-0.1, -0.05) is 172 Å². The Morgan fingerprint density at radius 3 is 1.46 bits per heavy atom. The van der Waals surface area contributed by atoms with Crippen molar-refractivity contribution >= 4 is 22.1 Å². The molecule has 0 aromatic carbocycles. The first-order valence-corrected chi connectivity index (χ1v) is 26.7. The van der Waals surface area contributed by atoms with Gasteiger partial charge >= 0.3 is 11.9 Å². The van der Waals surface area contributed by atoms with E-state index in [0.717, 1.165) is 64.2 Å². The highest BCUT2D eigenvalue weighted by Gasteiger charge is 2.46. The second-order valence-electron chi connectivity index (χ2n) is 17.5. The van der Waals surface area contributed by atoms with Crippen LogP contribution >= 0.6 is 0 Å². The van der Waals surface area contributed by atoms with Gasteiger partial charge in [-0.2, -0.15) is 8.42 Å². The molecule has 1 rings (SSSR count). The summed E-state index contributed by atoms with van der Waals surface area (Å²) in [4.78, 5) is 25.5. The fraction of sp³-hybridized carbons (Fsp3) is 0.840. The first-order chi connectivity index (χ1) is 30.5. The molecular formula is C50H90O12S. The second kappa shape index (κ2) is 40.2. The van der Waals surface area contributed by atoms with Gasteiger partial charge in [0.2, 0.25) is 0 Å². The smallest absolute Gasteiger partial charge is 0.306 e. The van der Waals surface area contributed by atoms with E-state index in [0.29, 0.717) is 12.8 Å². The van der Waals surface area contributed by atoms with Crippen LogP contribution in [0.5, 0.6) is 0 Å². The molecule has 0 aliphatic carbocycles. The molecule has 0 radical (unpaired) electrons. The zero-order valence-electron chi connectivity index (χ0n) is 39.4. The van der Waals surface area contributed by atoms with E-state index >= 15 is 0 Å². The maximum Gasteiger partial charge on any atom is 0.306 e. The summed E-state index contributed by atoms with van der Waals surface area (Å²) < 4.78 is 54.2. The number of ether oxygens (including phenoxy) is 4. The molecule has 0 saturated carbocycles. The third kappa shape index (κ3) is 34.8. The Morgan fingerprint density at radius 2 is 0.968 bits per heavy atom. The Hall–Kier alpha value is -2.13. The van der Waals surface area contributed by atoms with E-state index in [4.69, 9.17) is 18.9 Å². The minimum atomic E-state index is -4.61. The number of esters is 2. The van der Waals surface area contributed by atoms with Gasteiger partial charge in [0.25, 0.3) is 10.1 Å². The Balaban J connectivity index is 2.37. The quantitative estimate of drug-likeness (QED) is 0.0197. The monoisotopic (exact) mass is 915 g/mol. The lowest BCUT2D eigenvalue weighted by molar-refractivity contribution is -0.297. The maximum atomic E-state index is 12.8. The molecule has 0 bridgehead atoms. The van der Waals surface area contributed by atoms with Gasteiger partial charge < -0.3 is 34.3 Å². The minimum absolute atomic E-state index is 0.148. The average Bonchev–Trinajstić information content (AvgIpc) is 3.25. The fourth-order valence-electron chi connectivity index (χ4n) is 7.51.